The van der Waals surface area contributed by atoms with E-state index in [2.05, 4.69) is 6.58 Å². The largest absolute Gasteiger partial charge is 0.462 e. The number of carbonyl (C=O) groups excluding carboxylic acids is 2. The standard InChI is InChI=1S/C15H23NO4S/c1-6-11-21-13(15(18)20-8-3)10-9-12(16(4)5)14(17)19-7-2/h6,9-10H,1,7-8,11H2,2-5H3/b12-9-,13-10-. The van der Waals surface area contributed by atoms with Gasteiger partial charge in [-0.2, -0.15) is 0 Å². The quantitative estimate of drug-likeness (QED) is 0.282. The Labute approximate surface area is 130 Å². The Balaban J connectivity index is 5.27. The minimum Gasteiger partial charge on any atom is -0.462 e. The van der Waals surface area contributed by atoms with Crippen molar-refractivity contribution in [3.8, 4) is 0 Å². The van der Waals surface area contributed by atoms with E-state index in [4.69, 9.17) is 9.47 Å². The topological polar surface area (TPSA) is 55.8 Å². The van der Waals surface area contributed by atoms with Crippen molar-refractivity contribution in [2.75, 3.05) is 33.1 Å². The maximum Gasteiger partial charge on any atom is 0.354 e. The lowest BCUT2D eigenvalue weighted by atomic mass is 10.3. The highest BCUT2D eigenvalue weighted by molar-refractivity contribution is 8.04. The van der Waals surface area contributed by atoms with E-state index in [1.807, 2.05) is 0 Å². The van der Waals surface area contributed by atoms with E-state index in [1.165, 1.54) is 11.8 Å². The molecule has 0 fully saturated rings. The van der Waals surface area contributed by atoms with Gasteiger partial charge in [-0.15, -0.1) is 18.3 Å². The van der Waals surface area contributed by atoms with Crippen LogP contribution in [0.4, 0.5) is 0 Å². The maximum absolute atomic E-state index is 11.8. The summed E-state index contributed by atoms with van der Waals surface area (Å²) in [4.78, 5) is 25.7. The molecule has 0 aliphatic carbocycles. The minimum absolute atomic E-state index is 0.295. The number of likely N-dealkylation sites (N-methyl/N-ethyl adjacent to an activating group) is 1. The van der Waals surface area contributed by atoms with E-state index in [0.29, 0.717) is 29.6 Å². The fourth-order valence-electron chi connectivity index (χ4n) is 1.29. The number of ether oxygens (including phenoxy) is 2. The molecule has 0 aromatic heterocycles. The first-order valence-corrected chi connectivity index (χ1v) is 7.63. The van der Waals surface area contributed by atoms with Crippen LogP contribution >= 0.6 is 11.8 Å². The van der Waals surface area contributed by atoms with Crippen LogP contribution in [0.3, 0.4) is 0 Å². The van der Waals surface area contributed by atoms with Crippen LogP contribution in [-0.4, -0.2) is 49.9 Å². The first-order chi connectivity index (χ1) is 9.97. The van der Waals surface area contributed by atoms with Gasteiger partial charge in [-0.25, -0.2) is 9.59 Å². The van der Waals surface area contributed by atoms with Crippen LogP contribution in [0, 0.1) is 0 Å². The Hall–Kier alpha value is -1.69. The predicted octanol–water partition coefficient (Wildman–Crippen LogP) is 2.36. The predicted molar refractivity (Wildman–Crippen MR) is 85.8 cm³/mol. The molecule has 21 heavy (non-hydrogen) atoms. The van der Waals surface area contributed by atoms with Crippen LogP contribution in [0.1, 0.15) is 13.8 Å². The average Bonchev–Trinajstić information content (AvgIpc) is 2.42. The zero-order chi connectivity index (χ0) is 16.3. The van der Waals surface area contributed by atoms with Gasteiger partial charge in [0.2, 0.25) is 0 Å². The Morgan fingerprint density at radius 3 is 2.14 bits per heavy atom. The van der Waals surface area contributed by atoms with Gasteiger partial charge < -0.3 is 14.4 Å². The summed E-state index contributed by atoms with van der Waals surface area (Å²) in [7, 11) is 3.47. The van der Waals surface area contributed by atoms with E-state index in [1.54, 1.807) is 51.1 Å². The number of hydrogen-bond donors (Lipinski definition) is 0. The summed E-state index contributed by atoms with van der Waals surface area (Å²) in [6, 6.07) is 0. The van der Waals surface area contributed by atoms with Gasteiger partial charge in [0.05, 0.1) is 18.1 Å². The monoisotopic (exact) mass is 313 g/mol. The van der Waals surface area contributed by atoms with Crippen molar-refractivity contribution in [3.63, 3.8) is 0 Å². The van der Waals surface area contributed by atoms with Crippen molar-refractivity contribution in [2.24, 2.45) is 0 Å². The second-order valence-electron chi connectivity index (χ2n) is 4.02. The van der Waals surface area contributed by atoms with E-state index in [0.717, 1.165) is 0 Å². The van der Waals surface area contributed by atoms with E-state index in [-0.39, 0.29) is 0 Å². The summed E-state index contributed by atoms with van der Waals surface area (Å²) in [5.74, 6) is -0.270. The smallest absolute Gasteiger partial charge is 0.354 e. The zero-order valence-corrected chi connectivity index (χ0v) is 13.9. The van der Waals surface area contributed by atoms with Gasteiger partial charge in [0.15, 0.2) is 0 Å². The number of nitrogens with zero attached hydrogens (tertiary/aromatic N) is 1. The summed E-state index contributed by atoms with van der Waals surface area (Å²) in [5.41, 5.74) is 0.359. The highest BCUT2D eigenvalue weighted by Gasteiger charge is 2.14. The third-order valence-corrected chi connectivity index (χ3v) is 3.21. The molecule has 0 radical (unpaired) electrons. The number of rotatable bonds is 9. The molecule has 5 nitrogen and oxygen atoms in total. The lowest BCUT2D eigenvalue weighted by Crippen LogP contribution is -2.21. The van der Waals surface area contributed by atoms with Gasteiger partial charge in [-0.05, 0) is 26.0 Å². The molecular formula is C15H23NO4S. The summed E-state index contributed by atoms with van der Waals surface area (Å²) < 4.78 is 9.95. The summed E-state index contributed by atoms with van der Waals surface area (Å²) in [6.07, 6.45) is 4.82. The van der Waals surface area contributed by atoms with Crippen molar-refractivity contribution >= 4 is 23.7 Å². The van der Waals surface area contributed by atoms with Gasteiger partial charge in [-0.1, -0.05) is 6.08 Å². The molecular weight excluding hydrogens is 290 g/mol. The molecule has 0 amide bonds. The van der Waals surface area contributed by atoms with Crippen molar-refractivity contribution in [1.29, 1.82) is 0 Å². The number of allylic oxidation sites excluding steroid dienone is 2. The third kappa shape index (κ3) is 7.60. The van der Waals surface area contributed by atoms with Crippen LogP contribution in [0.2, 0.25) is 0 Å². The van der Waals surface area contributed by atoms with Crippen LogP contribution in [0.25, 0.3) is 0 Å². The molecule has 0 aliphatic rings. The number of carbonyl (C=O) groups is 2. The Morgan fingerprint density at radius 2 is 1.67 bits per heavy atom. The van der Waals surface area contributed by atoms with Crippen molar-refractivity contribution in [2.45, 2.75) is 13.8 Å². The van der Waals surface area contributed by atoms with Crippen molar-refractivity contribution in [1.82, 2.24) is 4.90 Å². The van der Waals surface area contributed by atoms with Crippen LogP contribution < -0.4 is 0 Å². The molecule has 0 unspecified atom stereocenters. The molecule has 0 aromatic rings. The Kier molecular flexibility index (Phi) is 10.1. The fourth-order valence-corrected chi connectivity index (χ4v) is 1.92. The normalized spacial score (nSPS) is 11.8. The first kappa shape index (κ1) is 19.3. The average molecular weight is 313 g/mol. The first-order valence-electron chi connectivity index (χ1n) is 6.65. The van der Waals surface area contributed by atoms with Crippen LogP contribution in [0.15, 0.2) is 35.4 Å². The lowest BCUT2D eigenvalue weighted by molar-refractivity contribution is -0.140. The van der Waals surface area contributed by atoms with E-state index < -0.39 is 11.9 Å². The Morgan fingerprint density at radius 1 is 1.10 bits per heavy atom. The van der Waals surface area contributed by atoms with Crippen LogP contribution in [0.5, 0.6) is 0 Å². The van der Waals surface area contributed by atoms with Crippen molar-refractivity contribution in [3.05, 3.63) is 35.4 Å². The fraction of sp³-hybridized carbons (Fsp3) is 0.467. The van der Waals surface area contributed by atoms with Gasteiger partial charge in [0, 0.05) is 19.8 Å². The molecule has 0 saturated heterocycles. The number of hydrogen-bond acceptors (Lipinski definition) is 6. The molecule has 0 N–H and O–H groups in total. The molecule has 0 rings (SSSR count). The molecule has 0 aliphatic heterocycles. The third-order valence-electron chi connectivity index (χ3n) is 2.19. The highest BCUT2D eigenvalue weighted by Crippen LogP contribution is 2.18. The summed E-state index contributed by atoms with van der Waals surface area (Å²) in [6.45, 7) is 7.69. The van der Waals surface area contributed by atoms with E-state index in [9.17, 15) is 9.59 Å². The van der Waals surface area contributed by atoms with Gasteiger partial charge in [0.1, 0.15) is 5.70 Å². The molecule has 0 bridgehead atoms. The lowest BCUT2D eigenvalue weighted by Gasteiger charge is -2.15. The van der Waals surface area contributed by atoms with Crippen molar-refractivity contribution < 1.29 is 19.1 Å². The second kappa shape index (κ2) is 11.0. The van der Waals surface area contributed by atoms with E-state index >= 15 is 0 Å². The van der Waals surface area contributed by atoms with Gasteiger partial charge in [-0.3, -0.25) is 0 Å². The molecule has 0 aromatic carbocycles. The molecule has 6 heteroatoms. The molecule has 0 heterocycles. The maximum atomic E-state index is 11.8. The highest BCUT2D eigenvalue weighted by atomic mass is 32.2. The Bertz CT molecular complexity index is 427. The van der Waals surface area contributed by atoms with Gasteiger partial charge in [0.25, 0.3) is 0 Å². The summed E-state index contributed by atoms with van der Waals surface area (Å²) in [5, 5.41) is 0. The second-order valence-corrected chi connectivity index (χ2v) is 5.08. The zero-order valence-electron chi connectivity index (χ0n) is 13.0. The molecule has 0 atom stereocenters. The summed E-state index contributed by atoms with van der Waals surface area (Å²) >= 11 is 1.30. The minimum atomic E-state index is -0.435. The number of esters is 2. The molecule has 0 saturated carbocycles. The molecule has 0 spiro atoms. The van der Waals surface area contributed by atoms with Gasteiger partial charge >= 0.3 is 11.9 Å². The van der Waals surface area contributed by atoms with Crippen LogP contribution in [-0.2, 0) is 19.1 Å². The molecule has 118 valence electrons. The number of thioether (sulfide) groups is 1. The SMILES string of the molecule is C=CCS/C(=C\C=C(\C(=O)OCC)N(C)C)C(=O)OCC.